The van der Waals surface area contributed by atoms with Gasteiger partial charge in [-0.2, -0.15) is 4.31 Å². The van der Waals surface area contributed by atoms with Crippen LogP contribution in [0.25, 0.3) is 0 Å². The summed E-state index contributed by atoms with van der Waals surface area (Å²) in [6.07, 6.45) is -0.00177. The summed E-state index contributed by atoms with van der Waals surface area (Å²) in [5.41, 5.74) is 0.306. The molecule has 8 nitrogen and oxygen atoms in total. The lowest BCUT2D eigenvalue weighted by molar-refractivity contribution is -0.144. The fourth-order valence-corrected chi connectivity index (χ4v) is 4.47. The molecule has 1 fully saturated rings. The second kappa shape index (κ2) is 7.93. The number of ether oxygens (including phenoxy) is 1. The molecule has 0 spiro atoms. The van der Waals surface area contributed by atoms with E-state index in [2.05, 4.69) is 5.32 Å². The molecule has 1 aromatic carbocycles. The van der Waals surface area contributed by atoms with E-state index < -0.39 is 34.7 Å². The Balaban J connectivity index is 2.30. The van der Waals surface area contributed by atoms with E-state index >= 15 is 0 Å². The van der Waals surface area contributed by atoms with Crippen molar-refractivity contribution in [3.63, 3.8) is 0 Å². The number of hydrogen-bond donors (Lipinski definition) is 3. The van der Waals surface area contributed by atoms with Crippen molar-refractivity contribution in [3.05, 3.63) is 24.3 Å². The summed E-state index contributed by atoms with van der Waals surface area (Å²) in [6.45, 7) is -0.183. The minimum absolute atomic E-state index is 0.00344. The quantitative estimate of drug-likeness (QED) is 0.577. The number of methoxy groups -OCH3 is 1. The highest BCUT2D eigenvalue weighted by atomic mass is 32.2. The zero-order valence-electron chi connectivity index (χ0n) is 13.4. The van der Waals surface area contributed by atoms with Gasteiger partial charge in [-0.3, -0.25) is 4.79 Å². The lowest BCUT2D eigenvalue weighted by atomic mass is 10.2. The van der Waals surface area contributed by atoms with Gasteiger partial charge in [-0.05, 0) is 25.0 Å². The van der Waals surface area contributed by atoms with Crippen LogP contribution in [0.4, 0.5) is 5.69 Å². The molecule has 1 heterocycles. The van der Waals surface area contributed by atoms with Gasteiger partial charge >= 0.3 is 5.97 Å². The molecule has 0 aromatic heterocycles. The number of aliphatic hydroxyl groups excluding tert-OH is 2. The Labute approximate surface area is 141 Å². The van der Waals surface area contributed by atoms with Crippen molar-refractivity contribution in [2.45, 2.75) is 29.9 Å². The molecule has 134 valence electrons. The highest BCUT2D eigenvalue weighted by molar-refractivity contribution is 7.89. The first-order valence-corrected chi connectivity index (χ1v) is 9.07. The zero-order chi connectivity index (χ0) is 17.7. The summed E-state index contributed by atoms with van der Waals surface area (Å²) in [5, 5.41) is 21.1. The summed E-state index contributed by atoms with van der Waals surface area (Å²) < 4.78 is 31.8. The second-order valence-corrected chi connectivity index (χ2v) is 7.37. The molecule has 1 aliphatic rings. The van der Waals surface area contributed by atoms with Gasteiger partial charge in [0.25, 0.3) is 0 Å². The summed E-state index contributed by atoms with van der Waals surface area (Å²) >= 11 is 0. The molecule has 1 saturated heterocycles. The van der Waals surface area contributed by atoms with Gasteiger partial charge in [0.1, 0.15) is 10.9 Å². The molecule has 9 heteroatoms. The van der Waals surface area contributed by atoms with Gasteiger partial charge in [0, 0.05) is 13.1 Å². The second-order valence-electron chi connectivity index (χ2n) is 5.51. The SMILES string of the molecule is COC(=O)C1CCCN1S(=O)(=O)c1ccccc1NCC(O)CO. The van der Waals surface area contributed by atoms with Crippen molar-refractivity contribution in [1.29, 1.82) is 0 Å². The minimum atomic E-state index is -3.90. The number of nitrogens with one attached hydrogen (secondary N) is 1. The third-order valence-corrected chi connectivity index (χ3v) is 5.86. The molecule has 0 amide bonds. The highest BCUT2D eigenvalue weighted by Crippen LogP contribution is 2.30. The fraction of sp³-hybridized carbons (Fsp3) is 0.533. The highest BCUT2D eigenvalue weighted by Gasteiger charge is 2.40. The molecule has 2 rings (SSSR count). The Kier molecular flexibility index (Phi) is 6.16. The number of rotatable bonds is 7. The van der Waals surface area contributed by atoms with Gasteiger partial charge < -0.3 is 20.3 Å². The Morgan fingerprint density at radius 2 is 2.17 bits per heavy atom. The number of para-hydroxylation sites is 1. The van der Waals surface area contributed by atoms with Crippen molar-refractivity contribution < 1.29 is 28.2 Å². The first kappa shape index (κ1) is 18.7. The van der Waals surface area contributed by atoms with Crippen LogP contribution in [0.15, 0.2) is 29.2 Å². The summed E-state index contributed by atoms with van der Waals surface area (Å²) in [6, 6.07) is 5.43. The lowest BCUT2D eigenvalue weighted by Crippen LogP contribution is -2.41. The number of hydrogen-bond acceptors (Lipinski definition) is 7. The summed E-state index contributed by atoms with van der Waals surface area (Å²) in [7, 11) is -2.67. The third kappa shape index (κ3) is 3.86. The smallest absolute Gasteiger partial charge is 0.324 e. The number of esters is 1. The maximum atomic E-state index is 13.0. The number of nitrogens with zero attached hydrogens (tertiary/aromatic N) is 1. The molecule has 24 heavy (non-hydrogen) atoms. The number of aliphatic hydroxyl groups is 2. The van der Waals surface area contributed by atoms with E-state index in [0.717, 1.165) is 4.31 Å². The van der Waals surface area contributed by atoms with E-state index in [1.807, 2.05) is 0 Å². The van der Waals surface area contributed by atoms with Gasteiger partial charge in [0.05, 0.1) is 25.5 Å². The van der Waals surface area contributed by atoms with Crippen molar-refractivity contribution in [1.82, 2.24) is 4.31 Å². The van der Waals surface area contributed by atoms with E-state index in [9.17, 15) is 18.3 Å². The van der Waals surface area contributed by atoms with Crippen LogP contribution in [0.1, 0.15) is 12.8 Å². The summed E-state index contributed by atoms with van der Waals surface area (Å²) in [4.78, 5) is 11.9. The van der Waals surface area contributed by atoms with Crippen LogP contribution in [-0.4, -0.2) is 67.9 Å². The third-order valence-electron chi connectivity index (χ3n) is 3.89. The normalized spacial score (nSPS) is 19.9. The van der Waals surface area contributed by atoms with Gasteiger partial charge in [-0.15, -0.1) is 0 Å². The Hall–Kier alpha value is -1.68. The van der Waals surface area contributed by atoms with Crippen LogP contribution in [0.2, 0.25) is 0 Å². The number of carbonyl (C=O) groups excluding carboxylic acids is 1. The molecule has 0 saturated carbocycles. The maximum Gasteiger partial charge on any atom is 0.324 e. The summed E-state index contributed by atoms with van der Waals surface area (Å²) in [5.74, 6) is -0.572. The first-order valence-electron chi connectivity index (χ1n) is 7.63. The van der Waals surface area contributed by atoms with Crippen molar-refractivity contribution in [3.8, 4) is 0 Å². The van der Waals surface area contributed by atoms with E-state index in [-0.39, 0.29) is 18.0 Å². The molecule has 0 bridgehead atoms. The minimum Gasteiger partial charge on any atom is -0.468 e. The monoisotopic (exact) mass is 358 g/mol. The standard InChI is InChI=1S/C15H22N2O6S/c1-23-15(20)13-6-4-8-17(13)24(21,22)14-7-3-2-5-12(14)16-9-11(19)10-18/h2-3,5,7,11,13,16,18-19H,4,6,8-10H2,1H3. The van der Waals surface area contributed by atoms with Gasteiger partial charge in [-0.25, -0.2) is 8.42 Å². The zero-order valence-corrected chi connectivity index (χ0v) is 14.2. The van der Waals surface area contributed by atoms with Gasteiger partial charge in [0.15, 0.2) is 0 Å². The Bertz CT molecular complexity index is 678. The van der Waals surface area contributed by atoms with Gasteiger partial charge in [-0.1, -0.05) is 12.1 Å². The number of carbonyl (C=O) groups is 1. The molecule has 3 N–H and O–H groups in total. The van der Waals surface area contributed by atoms with Crippen LogP contribution in [0.3, 0.4) is 0 Å². The van der Waals surface area contributed by atoms with E-state index in [4.69, 9.17) is 9.84 Å². The lowest BCUT2D eigenvalue weighted by Gasteiger charge is -2.24. The fourth-order valence-electron chi connectivity index (χ4n) is 2.66. The topological polar surface area (TPSA) is 116 Å². The molecular formula is C15H22N2O6S. The van der Waals surface area contributed by atoms with Gasteiger partial charge in [0.2, 0.25) is 10.0 Å². The Morgan fingerprint density at radius 3 is 2.83 bits per heavy atom. The van der Waals surface area contributed by atoms with Crippen LogP contribution in [0, 0.1) is 0 Å². The van der Waals surface area contributed by atoms with E-state index in [1.54, 1.807) is 18.2 Å². The van der Waals surface area contributed by atoms with Crippen molar-refractivity contribution in [2.75, 3.05) is 32.1 Å². The van der Waals surface area contributed by atoms with Crippen molar-refractivity contribution >= 4 is 21.7 Å². The molecule has 1 aliphatic heterocycles. The average Bonchev–Trinajstić information content (AvgIpc) is 3.09. The largest absolute Gasteiger partial charge is 0.468 e. The molecule has 0 aliphatic carbocycles. The van der Waals surface area contributed by atoms with Crippen LogP contribution >= 0.6 is 0 Å². The predicted octanol–water partition coefficient (Wildman–Crippen LogP) is -0.222. The maximum absolute atomic E-state index is 13.0. The molecule has 0 radical (unpaired) electrons. The molecular weight excluding hydrogens is 336 g/mol. The number of sulfonamides is 1. The molecule has 2 atom stereocenters. The predicted molar refractivity (Wildman–Crippen MR) is 87.0 cm³/mol. The van der Waals surface area contributed by atoms with Crippen LogP contribution in [-0.2, 0) is 19.6 Å². The molecule has 2 unspecified atom stereocenters. The number of anilines is 1. The van der Waals surface area contributed by atoms with E-state index in [0.29, 0.717) is 18.5 Å². The van der Waals surface area contributed by atoms with Crippen LogP contribution in [0.5, 0.6) is 0 Å². The Morgan fingerprint density at radius 1 is 1.46 bits per heavy atom. The number of benzene rings is 1. The van der Waals surface area contributed by atoms with E-state index in [1.165, 1.54) is 13.2 Å². The van der Waals surface area contributed by atoms with Crippen LogP contribution < -0.4 is 5.32 Å². The average molecular weight is 358 g/mol. The van der Waals surface area contributed by atoms with Crippen molar-refractivity contribution in [2.24, 2.45) is 0 Å². The molecule has 1 aromatic rings. The first-order chi connectivity index (χ1) is 11.4.